The van der Waals surface area contributed by atoms with E-state index in [-0.39, 0.29) is 46.0 Å². The van der Waals surface area contributed by atoms with Gasteiger partial charge in [0, 0.05) is 67.7 Å². The summed E-state index contributed by atoms with van der Waals surface area (Å²) in [5.41, 5.74) is 2.67. The van der Waals surface area contributed by atoms with Crippen LogP contribution in [0.1, 0.15) is 105 Å². The number of aliphatic hydroxyl groups is 1. The lowest BCUT2D eigenvalue weighted by Gasteiger charge is -2.57. The highest BCUT2D eigenvalue weighted by Gasteiger charge is 2.51. The minimum absolute atomic E-state index is 0.0784. The Morgan fingerprint density at radius 3 is 2.45 bits per heavy atom. The van der Waals surface area contributed by atoms with Crippen molar-refractivity contribution in [2.24, 2.45) is 11.3 Å². The van der Waals surface area contributed by atoms with Crippen molar-refractivity contribution >= 4 is 54.0 Å². The second-order valence-electron chi connectivity index (χ2n) is 19.7. The summed E-state index contributed by atoms with van der Waals surface area (Å²) in [5.74, 6) is 0.342. The number of pyridine rings is 2. The number of benzene rings is 2. The summed E-state index contributed by atoms with van der Waals surface area (Å²) in [5, 5.41) is 26.2. The molecular weight excluding hydrogens is 897 g/mol. The van der Waals surface area contributed by atoms with Crippen LogP contribution in [-0.2, 0) is 19.9 Å². The van der Waals surface area contributed by atoms with Crippen LogP contribution >= 0.6 is 0 Å². The molecule has 2 aliphatic heterocycles. The number of aromatic amines is 1. The molecule has 3 aromatic heterocycles. The molecule has 10 rings (SSSR count). The molecule has 3 saturated carbocycles. The van der Waals surface area contributed by atoms with Gasteiger partial charge in [0.25, 0.3) is 15.9 Å². The Hall–Kier alpha value is -5.63. The van der Waals surface area contributed by atoms with Crippen molar-refractivity contribution in [3.05, 3.63) is 106 Å². The van der Waals surface area contributed by atoms with E-state index in [9.17, 15) is 36.9 Å². The molecule has 17 nitrogen and oxygen atoms in total. The van der Waals surface area contributed by atoms with Gasteiger partial charge in [-0.2, -0.15) is 0 Å². The van der Waals surface area contributed by atoms with Gasteiger partial charge in [-0.25, -0.2) is 31.5 Å². The highest BCUT2D eigenvalue weighted by atomic mass is 32.2. The van der Waals surface area contributed by atoms with Crippen molar-refractivity contribution in [1.29, 1.82) is 0 Å². The maximum atomic E-state index is 14.0. The predicted octanol–water partition coefficient (Wildman–Crippen LogP) is 7.23. The summed E-state index contributed by atoms with van der Waals surface area (Å²) in [7, 11) is -7.81. The van der Waals surface area contributed by atoms with Crippen molar-refractivity contribution in [2.45, 2.75) is 99.6 Å². The van der Waals surface area contributed by atoms with Gasteiger partial charge >= 0.3 is 5.69 Å². The first-order valence-corrected chi connectivity index (χ1v) is 26.6. The second kappa shape index (κ2) is 17.5. The average Bonchev–Trinajstić information content (AvgIpc) is 4.04. The molecule has 3 aliphatic carbocycles. The Morgan fingerprint density at radius 1 is 0.970 bits per heavy atom. The van der Waals surface area contributed by atoms with E-state index in [0.717, 1.165) is 87.8 Å². The van der Waals surface area contributed by atoms with Crippen LogP contribution in [0.5, 0.6) is 11.5 Å². The number of aromatic nitrogens is 3. The van der Waals surface area contributed by atoms with E-state index in [2.05, 4.69) is 53.0 Å². The van der Waals surface area contributed by atoms with Gasteiger partial charge in [-0.05, 0) is 124 Å². The van der Waals surface area contributed by atoms with E-state index >= 15 is 0 Å². The Labute approximate surface area is 389 Å². The van der Waals surface area contributed by atoms with Crippen LogP contribution in [0.15, 0.2) is 84.1 Å². The number of hydrogen-bond acceptors (Lipinski definition) is 14. The van der Waals surface area contributed by atoms with Gasteiger partial charge in [-0.1, -0.05) is 24.3 Å². The number of hydrogen-bond donors (Lipinski definition) is 4. The second-order valence-corrected chi connectivity index (χ2v) is 23.7. The number of anilines is 2. The number of ether oxygens (including phenoxy) is 1. The summed E-state index contributed by atoms with van der Waals surface area (Å²) in [4.78, 5) is 41.1. The van der Waals surface area contributed by atoms with Crippen LogP contribution in [-0.4, -0.2) is 102 Å². The number of H-pyrrole nitrogens is 1. The van der Waals surface area contributed by atoms with E-state index in [0.29, 0.717) is 49.3 Å². The summed E-state index contributed by atoms with van der Waals surface area (Å²) in [6.07, 6.45) is 13.1. The van der Waals surface area contributed by atoms with Crippen LogP contribution in [0, 0.1) is 21.4 Å². The smallest absolute Gasteiger partial charge is 0.312 e. The molecule has 67 heavy (non-hydrogen) atoms. The van der Waals surface area contributed by atoms with Gasteiger partial charge in [0.05, 0.1) is 40.0 Å². The third-order valence-electron chi connectivity index (χ3n) is 15.0. The number of amides is 1. The van der Waals surface area contributed by atoms with Gasteiger partial charge in [0.2, 0.25) is 5.82 Å². The van der Waals surface area contributed by atoms with Gasteiger partial charge in [0.15, 0.2) is 9.84 Å². The number of nitrogens with one attached hydrogen (secondary N) is 3. The third kappa shape index (κ3) is 9.60. The minimum Gasteiger partial charge on any atom is -0.455 e. The third-order valence-corrected chi connectivity index (χ3v) is 17.9. The summed E-state index contributed by atoms with van der Waals surface area (Å²) in [6, 6.07) is 18.1. The number of sulfone groups is 1. The van der Waals surface area contributed by atoms with Gasteiger partial charge < -0.3 is 25.0 Å². The molecule has 0 radical (unpaired) electrons. The number of carbonyl (C=O) groups excluding carboxylic acids is 1. The molecule has 5 heterocycles. The number of sulfonamides is 1. The normalized spacial score (nSPS) is 24.2. The Morgan fingerprint density at radius 2 is 1.72 bits per heavy atom. The number of piperidine rings is 1. The quantitative estimate of drug-likeness (QED) is 0.0674. The molecule has 19 heteroatoms. The maximum Gasteiger partial charge on any atom is 0.312 e. The number of fused-ring (bicyclic) bond motifs is 1. The summed E-state index contributed by atoms with van der Waals surface area (Å²) < 4.78 is 61.9. The van der Waals surface area contributed by atoms with E-state index in [1.807, 2.05) is 12.1 Å². The lowest BCUT2D eigenvalue weighted by atomic mass is 9.59. The molecular formula is C48H56N8O9S2. The Kier molecular flexibility index (Phi) is 11.8. The van der Waals surface area contributed by atoms with Crippen molar-refractivity contribution in [3.8, 4) is 11.5 Å². The molecule has 2 saturated heterocycles. The number of rotatable bonds is 13. The lowest BCUT2D eigenvalue weighted by molar-refractivity contribution is -0.384. The molecule has 1 spiro atoms. The molecule has 4 N–H and O–H groups in total. The van der Waals surface area contributed by atoms with Crippen LogP contribution in [0.4, 0.5) is 17.2 Å². The van der Waals surface area contributed by atoms with Crippen molar-refractivity contribution < 1.29 is 36.4 Å². The fourth-order valence-electron chi connectivity index (χ4n) is 10.8. The first-order valence-electron chi connectivity index (χ1n) is 23.3. The fraction of sp³-hybridized carbons (Fsp3) is 0.479. The molecule has 5 aromatic rings. The van der Waals surface area contributed by atoms with E-state index in [1.165, 1.54) is 23.4 Å². The molecule has 2 aromatic carbocycles. The fourth-order valence-corrected chi connectivity index (χ4v) is 13.3. The largest absolute Gasteiger partial charge is 0.455 e. The van der Waals surface area contributed by atoms with Gasteiger partial charge in [0.1, 0.15) is 22.0 Å². The molecule has 0 bridgehead atoms. The van der Waals surface area contributed by atoms with E-state index in [1.54, 1.807) is 31.3 Å². The first-order chi connectivity index (χ1) is 32.0. The van der Waals surface area contributed by atoms with Crippen LogP contribution in [0.25, 0.3) is 11.0 Å². The minimum atomic E-state index is -4.66. The van der Waals surface area contributed by atoms with E-state index < -0.39 is 46.9 Å². The van der Waals surface area contributed by atoms with Crippen molar-refractivity contribution in [3.63, 3.8) is 0 Å². The average molecular weight is 953 g/mol. The molecule has 1 atom stereocenters. The van der Waals surface area contributed by atoms with Gasteiger partial charge in [-0.15, -0.1) is 0 Å². The Bertz CT molecular complexity index is 2930. The molecule has 5 fully saturated rings. The summed E-state index contributed by atoms with van der Waals surface area (Å²) in [6.45, 7) is 4.18. The number of nitro groups is 1. The SMILES string of the molecule is CC1(O)CCC(CNc2ncc(S(=O)(=O)NC(=O)c3ccc(N4CCC5(CC4)CC(N4CCS(=O)(=O)C[C@@H]4c4ccccc4C4CC4)C5)cc3Oc3cnc4[nH]ccc4c3)cc2[N+](=O)[O-])CC1. The Balaban J connectivity index is 0.840. The standard InChI is InChI=1S/C48H56N8O9S2/c1-47(58)13-10-31(11-14-47)27-50-45-41(56(59)60)24-37(29-52-45)67(63,64)53-46(57)40-9-8-34(23-43(40)65-36-22-33-12-17-49-44(33)51-28-36)54-18-15-48(16-19-54)25-35(26-48)55-20-21-66(61,62)30-42(55)39-5-3-2-4-38(39)32-6-7-32/h2-5,8-9,12,17,22-24,28-29,31-32,35,42,58H,6-7,10-11,13-16,18-21,25-27,30H2,1H3,(H,49,51)(H,50,52)(H,53,57)/t31?,42-,47?/m1/s1. The monoisotopic (exact) mass is 952 g/mol. The first kappa shape index (κ1) is 45.2. The highest BCUT2D eigenvalue weighted by Crippen LogP contribution is 2.54. The molecule has 1 amide bonds. The van der Waals surface area contributed by atoms with Crippen molar-refractivity contribution in [1.82, 2.24) is 24.6 Å². The predicted molar refractivity (Wildman–Crippen MR) is 253 cm³/mol. The van der Waals surface area contributed by atoms with Crippen LogP contribution < -0.4 is 19.7 Å². The zero-order chi connectivity index (χ0) is 46.7. The van der Waals surface area contributed by atoms with E-state index in [4.69, 9.17) is 4.74 Å². The highest BCUT2D eigenvalue weighted by molar-refractivity contribution is 7.91. The molecule has 5 aliphatic rings. The zero-order valence-corrected chi connectivity index (χ0v) is 39.0. The maximum absolute atomic E-state index is 14.0. The molecule has 0 unspecified atom stereocenters. The number of nitrogens with zero attached hydrogens (tertiary/aromatic N) is 5. The van der Waals surface area contributed by atoms with Crippen LogP contribution in [0.3, 0.4) is 0 Å². The van der Waals surface area contributed by atoms with Gasteiger partial charge in [-0.3, -0.25) is 19.8 Å². The van der Waals surface area contributed by atoms with Crippen LogP contribution in [0.2, 0.25) is 0 Å². The summed E-state index contributed by atoms with van der Waals surface area (Å²) >= 11 is 0. The lowest BCUT2D eigenvalue weighted by Crippen LogP contribution is -2.58. The topological polar surface area (TPSA) is 230 Å². The molecule has 354 valence electrons. The number of carbonyl (C=O) groups is 1. The van der Waals surface area contributed by atoms with Crippen molar-refractivity contribution in [2.75, 3.05) is 47.9 Å². The zero-order valence-electron chi connectivity index (χ0n) is 37.4.